The number of allylic oxidation sites excluding steroid dienone is 6. The van der Waals surface area contributed by atoms with Gasteiger partial charge in [-0.3, -0.25) is 0 Å². The van der Waals surface area contributed by atoms with Crippen LogP contribution in [0.2, 0.25) is 0 Å². The summed E-state index contributed by atoms with van der Waals surface area (Å²) in [6.07, 6.45) is 16.1. The summed E-state index contributed by atoms with van der Waals surface area (Å²) in [6, 6.07) is 48.9. The number of hydrogen-bond donors (Lipinski definition) is 0. The van der Waals surface area contributed by atoms with Crippen LogP contribution in [0.3, 0.4) is 0 Å². The third-order valence-corrected chi connectivity index (χ3v) is 9.04. The summed E-state index contributed by atoms with van der Waals surface area (Å²) in [6.45, 7) is 0. The first-order valence-electron chi connectivity index (χ1n) is 16.8. The Labute approximate surface area is 287 Å². The molecule has 5 heteroatoms. The fourth-order valence-electron chi connectivity index (χ4n) is 6.58. The number of benzene rings is 5. The van der Waals surface area contributed by atoms with Crippen molar-refractivity contribution in [2.45, 2.75) is 25.3 Å². The van der Waals surface area contributed by atoms with Gasteiger partial charge < -0.3 is 14.2 Å². The summed E-state index contributed by atoms with van der Waals surface area (Å²) < 4.78 is 6.05. The second-order valence-corrected chi connectivity index (χ2v) is 12.2. The molecular formula is C44H36N4O. The maximum Gasteiger partial charge on any atom is 0.248 e. The van der Waals surface area contributed by atoms with Crippen molar-refractivity contribution in [1.29, 1.82) is 0 Å². The van der Waals surface area contributed by atoms with Gasteiger partial charge in [-0.15, -0.1) is 10.2 Å². The number of nitrogens with zero attached hydrogens (tertiary/aromatic N) is 4. The number of aromatic nitrogens is 2. The summed E-state index contributed by atoms with van der Waals surface area (Å²) in [7, 11) is 0. The van der Waals surface area contributed by atoms with Crippen LogP contribution in [0, 0.1) is 0 Å². The first kappa shape index (κ1) is 30.2. The minimum Gasteiger partial charge on any atom is -0.416 e. The van der Waals surface area contributed by atoms with Crippen molar-refractivity contribution in [3.63, 3.8) is 0 Å². The lowest BCUT2D eigenvalue weighted by molar-refractivity contribution is 0.553. The highest BCUT2D eigenvalue weighted by atomic mass is 16.4. The Hall–Kier alpha value is -6.20. The molecule has 0 saturated heterocycles. The van der Waals surface area contributed by atoms with E-state index in [0.717, 1.165) is 47.5 Å². The van der Waals surface area contributed by atoms with Crippen LogP contribution in [0.15, 0.2) is 186 Å². The average molecular weight is 637 g/mol. The van der Waals surface area contributed by atoms with Crippen molar-refractivity contribution < 1.29 is 4.42 Å². The third kappa shape index (κ3) is 6.52. The molecule has 5 nitrogen and oxygen atoms in total. The molecule has 49 heavy (non-hydrogen) atoms. The summed E-state index contributed by atoms with van der Waals surface area (Å²) in [5.74, 6) is 1.08. The molecule has 0 saturated carbocycles. The lowest BCUT2D eigenvalue weighted by Crippen LogP contribution is -2.34. The molecule has 0 fully saturated rings. The van der Waals surface area contributed by atoms with Gasteiger partial charge in [0.2, 0.25) is 11.8 Å². The molecule has 0 radical (unpaired) electrons. The summed E-state index contributed by atoms with van der Waals surface area (Å²) in [5.41, 5.74) is 10.1. The topological polar surface area (TPSA) is 45.4 Å². The van der Waals surface area contributed by atoms with E-state index in [4.69, 9.17) is 4.42 Å². The Kier molecular flexibility index (Phi) is 8.54. The van der Waals surface area contributed by atoms with Gasteiger partial charge in [-0.1, -0.05) is 109 Å². The highest BCUT2D eigenvalue weighted by molar-refractivity contribution is 5.79. The summed E-state index contributed by atoms with van der Waals surface area (Å²) in [5, 5.41) is 8.64. The van der Waals surface area contributed by atoms with Gasteiger partial charge >= 0.3 is 0 Å². The molecule has 5 aromatic carbocycles. The van der Waals surface area contributed by atoms with Crippen LogP contribution in [-0.4, -0.2) is 16.2 Å². The predicted molar refractivity (Wildman–Crippen MR) is 201 cm³/mol. The fraction of sp³-hybridized carbons (Fsp3) is 0.0909. The van der Waals surface area contributed by atoms with Crippen LogP contribution in [0.5, 0.6) is 0 Å². The fourth-order valence-corrected chi connectivity index (χ4v) is 6.58. The van der Waals surface area contributed by atoms with E-state index in [1.54, 1.807) is 0 Å². The largest absolute Gasteiger partial charge is 0.416 e. The van der Waals surface area contributed by atoms with Crippen molar-refractivity contribution in [3.8, 4) is 22.6 Å². The lowest BCUT2D eigenvalue weighted by atomic mass is 9.97. The van der Waals surface area contributed by atoms with Crippen molar-refractivity contribution >= 4 is 28.3 Å². The van der Waals surface area contributed by atoms with Gasteiger partial charge in [0.05, 0.1) is 6.04 Å². The highest BCUT2D eigenvalue weighted by Crippen LogP contribution is 2.37. The molecule has 0 bridgehead atoms. The Morgan fingerprint density at radius 3 is 1.71 bits per heavy atom. The van der Waals surface area contributed by atoms with Crippen molar-refractivity contribution in [3.05, 3.63) is 188 Å². The molecule has 0 N–H and O–H groups in total. The number of anilines is 4. The zero-order chi connectivity index (χ0) is 32.8. The van der Waals surface area contributed by atoms with E-state index in [1.165, 1.54) is 22.5 Å². The number of rotatable bonds is 9. The van der Waals surface area contributed by atoms with Crippen molar-refractivity contribution in [2.75, 3.05) is 9.80 Å². The lowest BCUT2D eigenvalue weighted by Gasteiger charge is -2.35. The maximum atomic E-state index is 6.05. The van der Waals surface area contributed by atoms with E-state index in [0.29, 0.717) is 11.8 Å². The molecule has 8 rings (SSSR count). The molecule has 1 atom stereocenters. The Balaban J connectivity index is 1.03. The van der Waals surface area contributed by atoms with Gasteiger partial charge in [-0.2, -0.15) is 0 Å². The Morgan fingerprint density at radius 1 is 0.571 bits per heavy atom. The molecule has 238 valence electrons. The molecule has 6 aromatic rings. The molecular weight excluding hydrogens is 601 g/mol. The molecule has 0 spiro atoms. The zero-order valence-corrected chi connectivity index (χ0v) is 27.1. The van der Waals surface area contributed by atoms with Crippen LogP contribution in [0.4, 0.5) is 22.7 Å². The maximum absolute atomic E-state index is 6.05. The Morgan fingerprint density at radius 2 is 1.14 bits per heavy atom. The molecule has 1 unspecified atom stereocenters. The van der Waals surface area contributed by atoms with E-state index in [-0.39, 0.29) is 6.04 Å². The minimum absolute atomic E-state index is 0.171. The zero-order valence-electron chi connectivity index (χ0n) is 27.1. The van der Waals surface area contributed by atoms with E-state index in [1.807, 2.05) is 30.3 Å². The average Bonchev–Trinajstić information content (AvgIpc) is 3.68. The smallest absolute Gasteiger partial charge is 0.248 e. The number of para-hydroxylation sites is 2. The molecule has 1 aromatic heterocycles. The van der Waals surface area contributed by atoms with Gasteiger partial charge in [-0.05, 0) is 97.1 Å². The van der Waals surface area contributed by atoms with Crippen molar-refractivity contribution in [1.82, 2.24) is 10.2 Å². The van der Waals surface area contributed by atoms with Crippen molar-refractivity contribution in [2.24, 2.45) is 0 Å². The molecule has 2 aliphatic rings. The standard InChI is InChI=1S/C44H36N4O/c1-5-13-35(14-6-1)43-45-46-44(49-43)36-25-31-42(32-26-36)48(39-19-11-4-12-20-39)41-29-23-34(24-30-41)33-21-27-40(28-22-33)47(37-15-7-2-8-16-37)38-17-9-3-10-18-38/h1-11,13-19,21-31,42H,12,20,32H2. The first-order chi connectivity index (χ1) is 24.3. The van der Waals surface area contributed by atoms with Crippen LogP contribution in [0.25, 0.3) is 28.2 Å². The van der Waals surface area contributed by atoms with E-state index >= 15 is 0 Å². The minimum atomic E-state index is 0.171. The van der Waals surface area contributed by atoms with Gasteiger partial charge in [0, 0.05) is 39.6 Å². The normalized spacial score (nSPS) is 15.4. The molecule has 0 amide bonds. The van der Waals surface area contributed by atoms with Crippen LogP contribution in [-0.2, 0) is 0 Å². The molecule has 0 aliphatic heterocycles. The summed E-state index contributed by atoms with van der Waals surface area (Å²) in [4.78, 5) is 4.76. The van der Waals surface area contributed by atoms with Gasteiger partial charge in [0.15, 0.2) is 0 Å². The molecule has 1 heterocycles. The monoisotopic (exact) mass is 636 g/mol. The third-order valence-electron chi connectivity index (χ3n) is 9.04. The van der Waals surface area contributed by atoms with E-state index in [2.05, 4.69) is 166 Å². The quantitative estimate of drug-likeness (QED) is 0.158. The SMILES string of the molecule is C1=CCCC(N(c2ccc(-c3ccc(N(c4ccccc4)c4ccccc4)cc3)cc2)C2C=CC(c3nnc(-c4ccccc4)o3)=CC2)=C1. The van der Waals surface area contributed by atoms with Crippen LogP contribution < -0.4 is 9.80 Å². The van der Waals surface area contributed by atoms with E-state index in [9.17, 15) is 0 Å². The number of hydrogen-bond acceptors (Lipinski definition) is 5. The van der Waals surface area contributed by atoms with Gasteiger partial charge in [-0.25, -0.2) is 0 Å². The van der Waals surface area contributed by atoms with Gasteiger partial charge in [0.1, 0.15) is 0 Å². The first-order valence-corrected chi connectivity index (χ1v) is 16.8. The summed E-state index contributed by atoms with van der Waals surface area (Å²) >= 11 is 0. The Bertz CT molecular complexity index is 2090. The van der Waals surface area contributed by atoms with E-state index < -0.39 is 0 Å². The predicted octanol–water partition coefficient (Wildman–Crippen LogP) is 11.3. The van der Waals surface area contributed by atoms with Gasteiger partial charge in [0.25, 0.3) is 0 Å². The highest BCUT2D eigenvalue weighted by Gasteiger charge is 2.24. The second kappa shape index (κ2) is 13.9. The second-order valence-electron chi connectivity index (χ2n) is 12.2. The van der Waals surface area contributed by atoms with Crippen LogP contribution >= 0.6 is 0 Å². The molecule has 2 aliphatic carbocycles. The van der Waals surface area contributed by atoms with Crippen LogP contribution in [0.1, 0.15) is 25.2 Å².